The molecule has 0 aliphatic carbocycles. The summed E-state index contributed by atoms with van der Waals surface area (Å²) in [5.74, 6) is -0.598. The van der Waals surface area contributed by atoms with Gasteiger partial charge in [-0.25, -0.2) is 14.6 Å². The van der Waals surface area contributed by atoms with Gasteiger partial charge in [0.15, 0.2) is 10.6 Å². The van der Waals surface area contributed by atoms with Crippen LogP contribution in [-0.2, 0) is 14.3 Å². The Balaban J connectivity index is 1.67. The van der Waals surface area contributed by atoms with Gasteiger partial charge in [-0.1, -0.05) is 52.7 Å². The van der Waals surface area contributed by atoms with E-state index in [4.69, 9.17) is 41.8 Å². The van der Waals surface area contributed by atoms with E-state index in [1.165, 1.54) is 10.6 Å². The number of hydrogen-bond acceptors (Lipinski definition) is 10. The van der Waals surface area contributed by atoms with E-state index in [-0.39, 0.29) is 45.5 Å². The number of allylic oxidation sites excluding steroid dienone is 1. The van der Waals surface area contributed by atoms with E-state index in [0.29, 0.717) is 32.5 Å². The summed E-state index contributed by atoms with van der Waals surface area (Å²) in [6, 6.07) is 13.0. The Morgan fingerprint density at radius 1 is 1.09 bits per heavy atom. The quantitative estimate of drug-likeness (QED) is 0.230. The lowest BCUT2D eigenvalue weighted by Gasteiger charge is -2.24. The zero-order chi connectivity index (χ0) is 31.5. The number of aromatic nitrogens is 1. The number of halogens is 2. The lowest BCUT2D eigenvalue weighted by atomic mass is 9.96. The first kappa shape index (κ1) is 31.1. The van der Waals surface area contributed by atoms with E-state index >= 15 is 0 Å². The Bertz CT molecular complexity index is 1960. The Morgan fingerprint density at radius 3 is 2.45 bits per heavy atom. The molecule has 2 aromatic heterocycles. The largest absolute Gasteiger partial charge is 0.497 e. The fraction of sp³-hybridized carbons (Fsp3) is 0.226. The van der Waals surface area contributed by atoms with Crippen LogP contribution in [0.4, 0.5) is 11.6 Å². The summed E-state index contributed by atoms with van der Waals surface area (Å²) < 4.78 is 23.5. The van der Waals surface area contributed by atoms with Crippen LogP contribution in [0.3, 0.4) is 0 Å². The monoisotopic (exact) mass is 655 g/mol. The van der Waals surface area contributed by atoms with Gasteiger partial charge in [0.05, 0.1) is 42.2 Å². The highest BCUT2D eigenvalue weighted by atomic mass is 35.5. The molecule has 4 aromatic rings. The summed E-state index contributed by atoms with van der Waals surface area (Å²) in [4.78, 5) is 45.0. The van der Waals surface area contributed by atoms with Gasteiger partial charge in [-0.3, -0.25) is 9.36 Å². The van der Waals surface area contributed by atoms with Gasteiger partial charge in [0.25, 0.3) is 5.56 Å². The molecule has 0 bridgehead atoms. The highest BCUT2D eigenvalue weighted by Gasteiger charge is 2.34. The second-order valence-corrected chi connectivity index (χ2v) is 11.2. The van der Waals surface area contributed by atoms with Gasteiger partial charge in [0.2, 0.25) is 5.88 Å². The molecule has 0 fully saturated rings. The van der Waals surface area contributed by atoms with Crippen LogP contribution >= 0.6 is 34.5 Å². The molecule has 0 saturated heterocycles. The van der Waals surface area contributed by atoms with Crippen molar-refractivity contribution in [3.63, 3.8) is 0 Å². The van der Waals surface area contributed by atoms with Crippen LogP contribution in [-0.4, -0.2) is 36.8 Å². The van der Waals surface area contributed by atoms with Crippen molar-refractivity contribution in [2.75, 3.05) is 25.6 Å². The normalized spacial score (nSPS) is 14.6. The molecule has 13 heteroatoms. The zero-order valence-electron chi connectivity index (χ0n) is 24.1. The number of fused-ring (bicyclic) bond motifs is 1. The number of anilines is 2. The molecule has 44 heavy (non-hydrogen) atoms. The lowest BCUT2D eigenvalue weighted by Crippen LogP contribution is -2.39. The van der Waals surface area contributed by atoms with E-state index < -0.39 is 23.5 Å². The number of ether oxygens (including phenoxy) is 3. The maximum atomic E-state index is 14.0. The molecule has 228 valence electrons. The maximum absolute atomic E-state index is 14.0. The Labute approximate surface area is 265 Å². The van der Waals surface area contributed by atoms with Crippen molar-refractivity contribution in [2.24, 2.45) is 4.99 Å². The molecular formula is C31H27Cl2N3O7S. The van der Waals surface area contributed by atoms with Crippen molar-refractivity contribution in [1.82, 2.24) is 4.57 Å². The van der Waals surface area contributed by atoms with Crippen molar-refractivity contribution in [3.8, 4) is 5.75 Å². The molecule has 0 spiro atoms. The van der Waals surface area contributed by atoms with E-state index in [2.05, 4.69) is 10.3 Å². The van der Waals surface area contributed by atoms with E-state index in [1.807, 2.05) is 0 Å². The molecule has 2 aromatic carbocycles. The van der Waals surface area contributed by atoms with Crippen LogP contribution in [0.25, 0.3) is 6.08 Å². The van der Waals surface area contributed by atoms with Gasteiger partial charge < -0.3 is 23.9 Å². The minimum Gasteiger partial charge on any atom is -0.497 e. The number of thiazole rings is 1. The second-order valence-electron chi connectivity index (χ2n) is 9.42. The molecule has 1 aliphatic heterocycles. The van der Waals surface area contributed by atoms with Crippen LogP contribution < -0.4 is 24.9 Å². The minimum atomic E-state index is -0.819. The predicted molar refractivity (Wildman–Crippen MR) is 168 cm³/mol. The van der Waals surface area contributed by atoms with Crippen LogP contribution in [0.5, 0.6) is 5.75 Å². The number of furan rings is 1. The van der Waals surface area contributed by atoms with Crippen molar-refractivity contribution in [3.05, 3.63) is 106 Å². The standard InChI is InChI=1S/C31H27Cl2N3O7S/c1-5-41-29(38)23-16(3)34-31-36(26(23)17-10-12-20(40-4)13-11-17)28(37)22(44-31)15-21-25(33)24(30(39)42-6-2)27(43-21)35-19-9-7-8-18(32)14-19/h7-15,26,35H,5-6H2,1-4H3/b22-15-/t26-/m0/s1. The SMILES string of the molecule is CCOC(=O)C1=C(C)N=c2s/c(=C\c3oc(Nc4cccc(Cl)c4)c(C(=O)OCC)c3Cl)c(=O)n2[C@H]1c1ccc(OC)cc1. The van der Waals surface area contributed by atoms with Gasteiger partial charge in [-0.15, -0.1) is 0 Å². The summed E-state index contributed by atoms with van der Waals surface area (Å²) in [5, 5.41) is 3.43. The van der Waals surface area contributed by atoms with Gasteiger partial charge in [-0.05, 0) is 56.7 Å². The summed E-state index contributed by atoms with van der Waals surface area (Å²) >= 11 is 13.9. The van der Waals surface area contributed by atoms with E-state index in [1.54, 1.807) is 76.4 Å². The number of rotatable bonds is 9. The molecule has 1 atom stereocenters. The average molecular weight is 657 g/mol. The highest BCUT2D eigenvalue weighted by Crippen LogP contribution is 2.36. The highest BCUT2D eigenvalue weighted by molar-refractivity contribution is 7.07. The van der Waals surface area contributed by atoms with Crippen molar-refractivity contribution in [1.29, 1.82) is 0 Å². The third-order valence-electron chi connectivity index (χ3n) is 6.65. The minimum absolute atomic E-state index is 0.0197. The van der Waals surface area contributed by atoms with Crippen LogP contribution in [0.2, 0.25) is 10.0 Å². The first-order valence-electron chi connectivity index (χ1n) is 13.5. The zero-order valence-corrected chi connectivity index (χ0v) is 26.4. The van der Waals surface area contributed by atoms with Crippen molar-refractivity contribution < 1.29 is 28.2 Å². The van der Waals surface area contributed by atoms with Gasteiger partial charge >= 0.3 is 11.9 Å². The van der Waals surface area contributed by atoms with E-state index in [0.717, 1.165) is 11.3 Å². The Kier molecular flexibility index (Phi) is 9.28. The Hall–Kier alpha value is -4.32. The molecular weight excluding hydrogens is 629 g/mol. The summed E-state index contributed by atoms with van der Waals surface area (Å²) in [6.45, 7) is 5.34. The van der Waals surface area contributed by atoms with Crippen molar-refractivity contribution >= 4 is 64.1 Å². The van der Waals surface area contributed by atoms with Crippen molar-refractivity contribution in [2.45, 2.75) is 26.8 Å². The lowest BCUT2D eigenvalue weighted by molar-refractivity contribution is -0.139. The fourth-order valence-electron chi connectivity index (χ4n) is 4.70. The Morgan fingerprint density at radius 2 is 1.80 bits per heavy atom. The molecule has 1 N–H and O–H groups in total. The molecule has 10 nitrogen and oxygen atoms in total. The van der Waals surface area contributed by atoms with E-state index in [9.17, 15) is 14.4 Å². The number of nitrogens with one attached hydrogen (secondary N) is 1. The molecule has 0 unspecified atom stereocenters. The summed E-state index contributed by atoms with van der Waals surface area (Å²) in [7, 11) is 1.55. The third kappa shape index (κ3) is 6.03. The second kappa shape index (κ2) is 13.1. The van der Waals surface area contributed by atoms with Crippen LogP contribution in [0.15, 0.2) is 74.0 Å². The summed E-state index contributed by atoms with van der Waals surface area (Å²) in [5.41, 5.74) is 1.38. The number of methoxy groups -OCH3 is 1. The third-order valence-corrected chi connectivity index (χ3v) is 8.24. The number of benzene rings is 2. The average Bonchev–Trinajstić information content (AvgIpc) is 3.47. The molecule has 1 aliphatic rings. The smallest absolute Gasteiger partial charge is 0.345 e. The number of esters is 2. The topological polar surface area (TPSA) is 121 Å². The first-order valence-corrected chi connectivity index (χ1v) is 15.1. The number of carbonyl (C=O) groups is 2. The molecule has 0 radical (unpaired) electrons. The molecule has 3 heterocycles. The number of hydrogen-bond donors (Lipinski definition) is 1. The molecule has 5 rings (SSSR count). The summed E-state index contributed by atoms with van der Waals surface area (Å²) in [6.07, 6.45) is 1.44. The van der Waals surface area contributed by atoms with Crippen LogP contribution in [0, 0.1) is 0 Å². The number of carbonyl (C=O) groups excluding carboxylic acids is 2. The predicted octanol–water partition coefficient (Wildman–Crippen LogP) is 5.63. The van der Waals surface area contributed by atoms with Gasteiger partial charge in [0.1, 0.15) is 16.3 Å². The maximum Gasteiger partial charge on any atom is 0.345 e. The van der Waals surface area contributed by atoms with Crippen LogP contribution in [0.1, 0.15) is 48.5 Å². The molecule has 0 amide bonds. The number of nitrogens with zero attached hydrogens (tertiary/aromatic N) is 2. The molecule has 0 saturated carbocycles. The van der Waals surface area contributed by atoms with Gasteiger partial charge in [0, 0.05) is 16.8 Å². The fourth-order valence-corrected chi connectivity index (χ4v) is 6.17. The van der Waals surface area contributed by atoms with Gasteiger partial charge in [-0.2, -0.15) is 0 Å². The first-order chi connectivity index (χ1) is 21.2.